The highest BCUT2D eigenvalue weighted by Crippen LogP contribution is 2.24. The van der Waals surface area contributed by atoms with Gasteiger partial charge in [0, 0.05) is 17.1 Å². The van der Waals surface area contributed by atoms with Crippen LogP contribution in [0.15, 0.2) is 28.7 Å². The van der Waals surface area contributed by atoms with Crippen molar-refractivity contribution in [1.82, 2.24) is 0 Å². The summed E-state index contributed by atoms with van der Waals surface area (Å²) in [6, 6.07) is 8.12. The van der Waals surface area contributed by atoms with Gasteiger partial charge in [-0.1, -0.05) is 41.9 Å². The lowest BCUT2D eigenvalue weighted by Crippen LogP contribution is -2.30. The van der Waals surface area contributed by atoms with Gasteiger partial charge in [0.2, 0.25) is 0 Å². The molecule has 0 fully saturated rings. The minimum absolute atomic E-state index is 0.000440. The molecular weight excluding hydrogens is 306 g/mol. The molecular formula is C15H24BrNO2. The quantitative estimate of drug-likeness (QED) is 0.703. The smallest absolute Gasteiger partial charge is 0.0977 e. The second-order valence-corrected chi connectivity index (χ2v) is 5.45. The predicted molar refractivity (Wildman–Crippen MR) is 82.2 cm³/mol. The largest absolute Gasteiger partial charge is 0.379 e. The van der Waals surface area contributed by atoms with Crippen molar-refractivity contribution < 1.29 is 9.47 Å². The first-order valence-corrected chi connectivity index (χ1v) is 7.68. The Morgan fingerprint density at radius 3 is 2.63 bits per heavy atom. The third-order valence-electron chi connectivity index (χ3n) is 2.91. The molecule has 2 unspecified atom stereocenters. The van der Waals surface area contributed by atoms with Crippen molar-refractivity contribution in [3.8, 4) is 0 Å². The van der Waals surface area contributed by atoms with E-state index in [-0.39, 0.29) is 12.1 Å². The van der Waals surface area contributed by atoms with Gasteiger partial charge >= 0.3 is 0 Å². The van der Waals surface area contributed by atoms with Crippen LogP contribution in [0.3, 0.4) is 0 Å². The van der Waals surface area contributed by atoms with Gasteiger partial charge in [-0.25, -0.2) is 0 Å². The molecule has 1 aromatic rings. The fourth-order valence-electron chi connectivity index (χ4n) is 1.85. The molecule has 0 saturated heterocycles. The van der Waals surface area contributed by atoms with Crippen LogP contribution < -0.4 is 5.73 Å². The molecule has 0 aromatic heterocycles. The average Bonchev–Trinajstić information content (AvgIpc) is 2.42. The lowest BCUT2D eigenvalue weighted by molar-refractivity contribution is -0.00768. The zero-order chi connectivity index (χ0) is 14.1. The molecule has 19 heavy (non-hydrogen) atoms. The Labute approximate surface area is 124 Å². The van der Waals surface area contributed by atoms with Gasteiger partial charge in [0.1, 0.15) is 0 Å². The fraction of sp³-hybridized carbons (Fsp3) is 0.600. The first-order valence-electron chi connectivity index (χ1n) is 6.89. The van der Waals surface area contributed by atoms with Crippen molar-refractivity contribution in [3.63, 3.8) is 0 Å². The Morgan fingerprint density at radius 1 is 1.21 bits per heavy atom. The summed E-state index contributed by atoms with van der Waals surface area (Å²) < 4.78 is 12.4. The van der Waals surface area contributed by atoms with Gasteiger partial charge in [-0.05, 0) is 30.5 Å². The minimum Gasteiger partial charge on any atom is -0.379 e. The topological polar surface area (TPSA) is 44.5 Å². The number of ether oxygens (including phenoxy) is 2. The minimum atomic E-state index is -0.0762. The Hall–Kier alpha value is -0.420. The number of hydrogen-bond donors (Lipinski definition) is 1. The van der Waals surface area contributed by atoms with Crippen molar-refractivity contribution in [1.29, 1.82) is 0 Å². The van der Waals surface area contributed by atoms with Crippen LogP contribution in [0.4, 0.5) is 0 Å². The number of rotatable bonds is 9. The molecule has 1 aromatic carbocycles. The fourth-order valence-corrected chi connectivity index (χ4v) is 2.26. The molecule has 2 N–H and O–H groups in total. The number of halogens is 1. The SMILES string of the molecule is CCCOCCOC(c1cccc(Br)c1)C(N)CC. The van der Waals surface area contributed by atoms with Gasteiger partial charge in [0.15, 0.2) is 0 Å². The second-order valence-electron chi connectivity index (χ2n) is 4.53. The van der Waals surface area contributed by atoms with Crippen molar-refractivity contribution in [2.24, 2.45) is 5.73 Å². The van der Waals surface area contributed by atoms with Crippen molar-refractivity contribution in [3.05, 3.63) is 34.3 Å². The maximum atomic E-state index is 6.16. The number of benzene rings is 1. The maximum absolute atomic E-state index is 6.16. The summed E-state index contributed by atoms with van der Waals surface area (Å²) in [4.78, 5) is 0. The summed E-state index contributed by atoms with van der Waals surface area (Å²) in [7, 11) is 0. The summed E-state index contributed by atoms with van der Waals surface area (Å²) >= 11 is 3.48. The third-order valence-corrected chi connectivity index (χ3v) is 3.40. The zero-order valence-electron chi connectivity index (χ0n) is 11.8. The second kappa shape index (κ2) is 9.48. The van der Waals surface area contributed by atoms with Crippen LogP contribution in [-0.4, -0.2) is 25.9 Å². The van der Waals surface area contributed by atoms with E-state index in [9.17, 15) is 0 Å². The van der Waals surface area contributed by atoms with Crippen LogP contribution in [-0.2, 0) is 9.47 Å². The highest BCUT2D eigenvalue weighted by molar-refractivity contribution is 9.10. The molecule has 108 valence electrons. The standard InChI is InChI=1S/C15H24BrNO2/c1-3-8-18-9-10-19-15(14(17)4-2)12-6-5-7-13(16)11-12/h5-7,11,14-15H,3-4,8-10,17H2,1-2H3. The van der Waals surface area contributed by atoms with Crippen LogP contribution in [0, 0.1) is 0 Å². The molecule has 0 spiro atoms. The molecule has 0 radical (unpaired) electrons. The van der Waals surface area contributed by atoms with Crippen LogP contribution in [0.5, 0.6) is 0 Å². The van der Waals surface area contributed by atoms with E-state index in [0.717, 1.165) is 29.5 Å². The molecule has 2 atom stereocenters. The van der Waals surface area contributed by atoms with E-state index < -0.39 is 0 Å². The molecule has 0 aliphatic carbocycles. The number of nitrogens with two attached hydrogens (primary N) is 1. The molecule has 0 bridgehead atoms. The van der Waals surface area contributed by atoms with E-state index >= 15 is 0 Å². The van der Waals surface area contributed by atoms with E-state index in [1.807, 2.05) is 12.1 Å². The lowest BCUT2D eigenvalue weighted by Gasteiger charge is -2.24. The van der Waals surface area contributed by atoms with Gasteiger partial charge in [-0.15, -0.1) is 0 Å². The van der Waals surface area contributed by atoms with E-state index in [4.69, 9.17) is 15.2 Å². The molecule has 0 aliphatic rings. The van der Waals surface area contributed by atoms with Gasteiger partial charge in [0.25, 0.3) is 0 Å². The first-order chi connectivity index (χ1) is 9.19. The summed E-state index contributed by atoms with van der Waals surface area (Å²) in [6.07, 6.45) is 1.84. The molecule has 1 rings (SSSR count). The van der Waals surface area contributed by atoms with E-state index in [1.165, 1.54) is 0 Å². The van der Waals surface area contributed by atoms with Crippen LogP contribution in [0.25, 0.3) is 0 Å². The molecule has 3 nitrogen and oxygen atoms in total. The first kappa shape index (κ1) is 16.6. The third kappa shape index (κ3) is 6.04. The highest BCUT2D eigenvalue weighted by atomic mass is 79.9. The van der Waals surface area contributed by atoms with Crippen molar-refractivity contribution in [2.75, 3.05) is 19.8 Å². The van der Waals surface area contributed by atoms with Gasteiger partial charge in [-0.2, -0.15) is 0 Å². The monoisotopic (exact) mass is 329 g/mol. The Morgan fingerprint density at radius 2 is 2.00 bits per heavy atom. The predicted octanol–water partition coefficient (Wildman–Crippen LogP) is 3.67. The number of hydrogen-bond acceptors (Lipinski definition) is 3. The molecule has 0 saturated carbocycles. The summed E-state index contributed by atoms with van der Waals surface area (Å²) in [5.74, 6) is 0. The Bertz CT molecular complexity index is 360. The average molecular weight is 330 g/mol. The molecule has 0 heterocycles. The Balaban J connectivity index is 2.57. The van der Waals surface area contributed by atoms with Gasteiger partial charge in [0.05, 0.1) is 19.3 Å². The maximum Gasteiger partial charge on any atom is 0.0977 e. The molecule has 0 aliphatic heterocycles. The van der Waals surface area contributed by atoms with Gasteiger partial charge in [-0.3, -0.25) is 0 Å². The van der Waals surface area contributed by atoms with Crippen LogP contribution >= 0.6 is 15.9 Å². The zero-order valence-corrected chi connectivity index (χ0v) is 13.4. The van der Waals surface area contributed by atoms with Gasteiger partial charge < -0.3 is 15.2 Å². The molecule has 0 amide bonds. The molecule has 4 heteroatoms. The summed E-state index contributed by atoms with van der Waals surface area (Å²) in [5, 5.41) is 0. The van der Waals surface area contributed by atoms with Crippen LogP contribution in [0.2, 0.25) is 0 Å². The van der Waals surface area contributed by atoms with Crippen molar-refractivity contribution in [2.45, 2.75) is 38.8 Å². The van der Waals surface area contributed by atoms with E-state index in [1.54, 1.807) is 0 Å². The van der Waals surface area contributed by atoms with Crippen molar-refractivity contribution >= 4 is 15.9 Å². The normalized spacial score (nSPS) is 14.3. The van der Waals surface area contributed by atoms with E-state index in [0.29, 0.717) is 13.2 Å². The Kier molecular flexibility index (Phi) is 8.30. The summed E-state index contributed by atoms with van der Waals surface area (Å²) in [6.45, 7) is 6.15. The van der Waals surface area contributed by atoms with Crippen LogP contribution in [0.1, 0.15) is 38.4 Å². The lowest BCUT2D eigenvalue weighted by atomic mass is 10.0. The summed E-state index contributed by atoms with van der Waals surface area (Å²) in [5.41, 5.74) is 7.27. The highest BCUT2D eigenvalue weighted by Gasteiger charge is 2.19. The van der Waals surface area contributed by atoms with E-state index in [2.05, 4.69) is 41.9 Å².